The number of nitrogens with zero attached hydrogens (tertiary/aromatic N) is 1. The second-order valence-corrected chi connectivity index (χ2v) is 10.8. The van der Waals surface area contributed by atoms with Gasteiger partial charge in [0.1, 0.15) is 11.6 Å². The number of rotatable bonds is 11. The van der Waals surface area contributed by atoms with Crippen molar-refractivity contribution in [2.24, 2.45) is 17.8 Å². The second-order valence-electron chi connectivity index (χ2n) is 10.8. The molecule has 0 aromatic carbocycles. The van der Waals surface area contributed by atoms with Crippen LogP contribution in [0, 0.1) is 17.8 Å². The van der Waals surface area contributed by atoms with E-state index in [0.29, 0.717) is 30.7 Å². The molecule has 1 rings (SSSR count). The third-order valence-electron chi connectivity index (χ3n) is 5.28. The molecular weight excluding hydrogens is 378 g/mol. The van der Waals surface area contributed by atoms with Crippen LogP contribution in [-0.4, -0.2) is 54.7 Å². The molecule has 1 saturated carbocycles. The van der Waals surface area contributed by atoms with E-state index in [9.17, 15) is 9.59 Å². The quantitative estimate of drug-likeness (QED) is 0.508. The fourth-order valence-corrected chi connectivity index (χ4v) is 4.19. The van der Waals surface area contributed by atoms with Gasteiger partial charge in [-0.2, -0.15) is 0 Å². The van der Waals surface area contributed by atoms with E-state index in [1.54, 1.807) is 0 Å². The van der Waals surface area contributed by atoms with E-state index in [1.807, 2.05) is 20.8 Å². The topological polar surface area (TPSA) is 70.7 Å². The Kier molecular flexibility index (Phi) is 11.7. The molecule has 176 valence electrons. The Morgan fingerprint density at radius 3 is 2.07 bits per heavy atom. The summed E-state index contributed by atoms with van der Waals surface area (Å²) in [5, 5.41) is 5.90. The van der Waals surface area contributed by atoms with Crippen molar-refractivity contribution in [1.29, 1.82) is 0 Å². The van der Waals surface area contributed by atoms with E-state index in [-0.39, 0.29) is 5.91 Å². The van der Waals surface area contributed by atoms with Crippen molar-refractivity contribution in [3.05, 3.63) is 0 Å². The van der Waals surface area contributed by atoms with E-state index in [1.165, 1.54) is 19.3 Å². The highest BCUT2D eigenvalue weighted by molar-refractivity contribution is 5.85. The van der Waals surface area contributed by atoms with Gasteiger partial charge >= 0.3 is 6.09 Å². The maximum atomic E-state index is 12.9. The molecule has 0 radical (unpaired) electrons. The van der Waals surface area contributed by atoms with E-state index in [2.05, 4.69) is 43.2 Å². The van der Waals surface area contributed by atoms with Crippen molar-refractivity contribution in [1.82, 2.24) is 15.5 Å². The maximum Gasteiger partial charge on any atom is 0.408 e. The van der Waals surface area contributed by atoms with Crippen molar-refractivity contribution in [2.75, 3.05) is 26.2 Å². The van der Waals surface area contributed by atoms with Crippen LogP contribution in [0.4, 0.5) is 4.79 Å². The zero-order chi connectivity index (χ0) is 22.7. The normalized spacial score (nSPS) is 16.7. The molecule has 0 heterocycles. The highest BCUT2D eigenvalue weighted by Crippen LogP contribution is 2.27. The summed E-state index contributed by atoms with van der Waals surface area (Å²) < 4.78 is 5.40. The number of amides is 2. The summed E-state index contributed by atoms with van der Waals surface area (Å²) in [4.78, 5) is 27.7. The number of ether oxygens (including phenoxy) is 1. The lowest BCUT2D eigenvalue weighted by atomic mass is 9.84. The molecule has 0 aromatic rings. The molecule has 0 bridgehead atoms. The van der Waals surface area contributed by atoms with Gasteiger partial charge in [0.25, 0.3) is 0 Å². The van der Waals surface area contributed by atoms with Gasteiger partial charge in [-0.3, -0.25) is 4.79 Å². The zero-order valence-electron chi connectivity index (χ0n) is 20.6. The molecule has 0 spiro atoms. The molecule has 0 saturated heterocycles. The minimum Gasteiger partial charge on any atom is -0.444 e. The van der Waals surface area contributed by atoms with Crippen molar-refractivity contribution < 1.29 is 14.3 Å². The first kappa shape index (κ1) is 26.7. The van der Waals surface area contributed by atoms with Gasteiger partial charge in [-0.05, 0) is 44.9 Å². The Labute approximate surface area is 184 Å². The SMILES string of the molecule is CC(C)CN(CCNC(=O)[C@H](CC1CCCCC1)NC(=O)OC(C)(C)C)CC(C)C. The molecule has 0 aliphatic heterocycles. The number of carbonyl (C=O) groups excluding carboxylic acids is 2. The summed E-state index contributed by atoms with van der Waals surface area (Å²) in [5.41, 5.74) is -0.579. The maximum absolute atomic E-state index is 12.9. The van der Waals surface area contributed by atoms with Gasteiger partial charge in [0, 0.05) is 26.2 Å². The van der Waals surface area contributed by atoms with Crippen LogP contribution in [0.15, 0.2) is 0 Å². The predicted molar refractivity (Wildman–Crippen MR) is 123 cm³/mol. The molecule has 6 heteroatoms. The second kappa shape index (κ2) is 13.2. The highest BCUT2D eigenvalue weighted by Gasteiger charge is 2.28. The lowest BCUT2D eigenvalue weighted by molar-refractivity contribution is -0.123. The van der Waals surface area contributed by atoms with Crippen LogP contribution in [0.5, 0.6) is 0 Å². The van der Waals surface area contributed by atoms with Gasteiger partial charge in [-0.25, -0.2) is 4.79 Å². The summed E-state index contributed by atoms with van der Waals surface area (Å²) in [6.45, 7) is 17.8. The largest absolute Gasteiger partial charge is 0.444 e. The van der Waals surface area contributed by atoms with Crippen LogP contribution in [0.25, 0.3) is 0 Å². The first-order valence-electron chi connectivity index (χ1n) is 12.0. The van der Waals surface area contributed by atoms with Crippen LogP contribution in [-0.2, 0) is 9.53 Å². The summed E-state index contributed by atoms with van der Waals surface area (Å²) in [5.74, 6) is 1.57. The molecule has 1 fully saturated rings. The molecule has 6 nitrogen and oxygen atoms in total. The summed E-state index contributed by atoms with van der Waals surface area (Å²) in [6, 6.07) is -0.536. The molecule has 1 aliphatic carbocycles. The van der Waals surface area contributed by atoms with Gasteiger partial charge in [0.2, 0.25) is 5.91 Å². The Morgan fingerprint density at radius 2 is 1.57 bits per heavy atom. The summed E-state index contributed by atoms with van der Waals surface area (Å²) in [7, 11) is 0. The van der Waals surface area contributed by atoms with E-state index >= 15 is 0 Å². The van der Waals surface area contributed by atoms with E-state index in [4.69, 9.17) is 4.74 Å². The predicted octanol–water partition coefficient (Wildman–Crippen LogP) is 4.58. The molecule has 1 atom stereocenters. The van der Waals surface area contributed by atoms with Crippen molar-refractivity contribution in [3.63, 3.8) is 0 Å². The fourth-order valence-electron chi connectivity index (χ4n) is 4.19. The Balaban J connectivity index is 2.64. The highest BCUT2D eigenvalue weighted by atomic mass is 16.6. The minimum absolute atomic E-state index is 0.0968. The first-order chi connectivity index (χ1) is 14.0. The summed E-state index contributed by atoms with van der Waals surface area (Å²) in [6.07, 6.45) is 6.14. The number of carbonyl (C=O) groups is 2. The van der Waals surface area contributed by atoms with E-state index < -0.39 is 17.7 Å². The smallest absolute Gasteiger partial charge is 0.408 e. The average molecular weight is 426 g/mol. The number of alkyl carbamates (subject to hydrolysis) is 1. The van der Waals surface area contributed by atoms with Crippen LogP contribution >= 0.6 is 0 Å². The molecule has 0 unspecified atom stereocenters. The Bertz CT molecular complexity index is 498. The molecule has 2 amide bonds. The monoisotopic (exact) mass is 425 g/mol. The van der Waals surface area contributed by atoms with Crippen LogP contribution in [0.1, 0.15) is 87.0 Å². The van der Waals surface area contributed by atoms with E-state index in [0.717, 1.165) is 32.5 Å². The number of hydrogen-bond donors (Lipinski definition) is 2. The zero-order valence-corrected chi connectivity index (χ0v) is 20.6. The number of nitrogens with one attached hydrogen (secondary N) is 2. The lowest BCUT2D eigenvalue weighted by Gasteiger charge is -2.29. The first-order valence-corrected chi connectivity index (χ1v) is 12.0. The van der Waals surface area contributed by atoms with Gasteiger partial charge in [0.15, 0.2) is 0 Å². The van der Waals surface area contributed by atoms with Crippen molar-refractivity contribution in [3.8, 4) is 0 Å². The summed E-state index contributed by atoms with van der Waals surface area (Å²) >= 11 is 0. The van der Waals surface area contributed by atoms with Crippen LogP contribution in [0.2, 0.25) is 0 Å². The lowest BCUT2D eigenvalue weighted by Crippen LogP contribution is -2.50. The van der Waals surface area contributed by atoms with Gasteiger partial charge in [-0.1, -0.05) is 59.8 Å². The van der Waals surface area contributed by atoms with Crippen LogP contribution in [0.3, 0.4) is 0 Å². The molecular formula is C24H47N3O3. The third-order valence-corrected chi connectivity index (χ3v) is 5.28. The minimum atomic E-state index is -0.579. The molecule has 2 N–H and O–H groups in total. The van der Waals surface area contributed by atoms with Gasteiger partial charge in [0.05, 0.1) is 0 Å². The van der Waals surface area contributed by atoms with Gasteiger partial charge in [-0.15, -0.1) is 0 Å². The van der Waals surface area contributed by atoms with Crippen molar-refractivity contribution >= 4 is 12.0 Å². The van der Waals surface area contributed by atoms with Gasteiger partial charge < -0.3 is 20.3 Å². The number of hydrogen-bond acceptors (Lipinski definition) is 4. The fraction of sp³-hybridized carbons (Fsp3) is 0.917. The molecule has 1 aliphatic rings. The van der Waals surface area contributed by atoms with Crippen molar-refractivity contribution in [2.45, 2.75) is 98.6 Å². The Morgan fingerprint density at radius 1 is 1.00 bits per heavy atom. The Hall–Kier alpha value is -1.30. The van der Waals surface area contributed by atoms with Crippen LogP contribution < -0.4 is 10.6 Å². The molecule has 30 heavy (non-hydrogen) atoms. The standard InChI is InChI=1S/C24H47N3O3/c1-18(2)16-27(17-19(3)4)14-13-25-22(28)21(15-20-11-9-8-10-12-20)26-23(29)30-24(5,6)7/h18-21H,8-17H2,1-7H3,(H,25,28)(H,26,29)/t21-/m0/s1. The average Bonchev–Trinajstić information content (AvgIpc) is 2.59. The third kappa shape index (κ3) is 12.4. The molecule has 0 aromatic heterocycles.